The highest BCUT2D eigenvalue weighted by Crippen LogP contribution is 2.23. The standard InChI is InChI=1S/C20H20N2O2/c21-12-16-2-1-3-17(11-16)13-22-9-8-18(14-22)10-15-4-6-19(7-5-15)20(23)24/h1-7,11,18H,8-10,13-14H2,(H,23,24)/t18-/m0/s1. The van der Waals surface area contributed by atoms with Crippen molar-refractivity contribution >= 4 is 5.97 Å². The van der Waals surface area contributed by atoms with Gasteiger partial charge in [-0.05, 0) is 60.7 Å². The average Bonchev–Trinajstić information content (AvgIpc) is 3.02. The molecule has 1 aliphatic heterocycles. The third-order valence-corrected chi connectivity index (χ3v) is 4.56. The minimum Gasteiger partial charge on any atom is -0.478 e. The van der Waals surface area contributed by atoms with Crippen LogP contribution >= 0.6 is 0 Å². The highest BCUT2D eigenvalue weighted by Gasteiger charge is 2.22. The van der Waals surface area contributed by atoms with Crippen LogP contribution in [-0.2, 0) is 13.0 Å². The molecule has 1 saturated heterocycles. The Labute approximate surface area is 142 Å². The molecule has 0 unspecified atom stereocenters. The Morgan fingerprint density at radius 2 is 2.00 bits per heavy atom. The second-order valence-corrected chi connectivity index (χ2v) is 6.41. The van der Waals surface area contributed by atoms with Gasteiger partial charge in [0.15, 0.2) is 0 Å². The summed E-state index contributed by atoms with van der Waals surface area (Å²) in [6, 6.07) is 17.2. The van der Waals surface area contributed by atoms with Crippen LogP contribution in [0.4, 0.5) is 0 Å². The van der Waals surface area contributed by atoms with E-state index in [-0.39, 0.29) is 0 Å². The van der Waals surface area contributed by atoms with Gasteiger partial charge in [-0.3, -0.25) is 4.90 Å². The van der Waals surface area contributed by atoms with E-state index in [0.717, 1.165) is 32.5 Å². The number of likely N-dealkylation sites (tertiary alicyclic amines) is 1. The average molecular weight is 320 g/mol. The third-order valence-electron chi connectivity index (χ3n) is 4.56. The molecule has 1 atom stereocenters. The van der Waals surface area contributed by atoms with E-state index in [1.54, 1.807) is 12.1 Å². The maximum absolute atomic E-state index is 10.9. The minimum absolute atomic E-state index is 0.337. The lowest BCUT2D eigenvalue weighted by atomic mass is 9.98. The van der Waals surface area contributed by atoms with Gasteiger partial charge in [0.1, 0.15) is 0 Å². The molecule has 1 N–H and O–H groups in total. The van der Waals surface area contributed by atoms with Gasteiger partial charge in [0, 0.05) is 13.1 Å². The van der Waals surface area contributed by atoms with Crippen LogP contribution in [0.3, 0.4) is 0 Å². The lowest BCUT2D eigenvalue weighted by Crippen LogP contribution is -2.20. The SMILES string of the molecule is N#Cc1cccc(CN2CC[C@@H](Cc3ccc(C(=O)O)cc3)C2)c1. The molecule has 4 heteroatoms. The Morgan fingerprint density at radius 3 is 2.71 bits per heavy atom. The number of rotatable bonds is 5. The van der Waals surface area contributed by atoms with Crippen LogP contribution in [0.15, 0.2) is 48.5 Å². The second-order valence-electron chi connectivity index (χ2n) is 6.41. The van der Waals surface area contributed by atoms with Crippen molar-refractivity contribution in [1.82, 2.24) is 4.90 Å². The van der Waals surface area contributed by atoms with Gasteiger partial charge in [0.05, 0.1) is 17.2 Å². The number of carboxylic acids is 1. The van der Waals surface area contributed by atoms with Crippen LogP contribution in [0.2, 0.25) is 0 Å². The molecule has 0 spiro atoms. The highest BCUT2D eigenvalue weighted by atomic mass is 16.4. The van der Waals surface area contributed by atoms with Crippen molar-refractivity contribution in [2.75, 3.05) is 13.1 Å². The number of carbonyl (C=O) groups is 1. The first-order chi connectivity index (χ1) is 11.6. The summed E-state index contributed by atoms with van der Waals surface area (Å²) in [6.07, 6.45) is 2.13. The van der Waals surface area contributed by atoms with Gasteiger partial charge >= 0.3 is 5.97 Å². The van der Waals surface area contributed by atoms with Gasteiger partial charge < -0.3 is 5.11 Å². The van der Waals surface area contributed by atoms with Crippen LogP contribution in [0, 0.1) is 17.2 Å². The molecule has 3 rings (SSSR count). The van der Waals surface area contributed by atoms with E-state index < -0.39 is 5.97 Å². The molecule has 1 fully saturated rings. The fraction of sp³-hybridized carbons (Fsp3) is 0.300. The lowest BCUT2D eigenvalue weighted by Gasteiger charge is -2.16. The van der Waals surface area contributed by atoms with Crippen LogP contribution in [0.25, 0.3) is 0 Å². The highest BCUT2D eigenvalue weighted by molar-refractivity contribution is 5.87. The number of hydrogen-bond acceptors (Lipinski definition) is 3. The van der Waals surface area contributed by atoms with E-state index in [1.807, 2.05) is 30.3 Å². The molecule has 4 nitrogen and oxygen atoms in total. The lowest BCUT2D eigenvalue weighted by molar-refractivity contribution is 0.0697. The summed E-state index contributed by atoms with van der Waals surface area (Å²) in [7, 11) is 0. The number of benzene rings is 2. The van der Waals surface area contributed by atoms with Gasteiger partial charge in [-0.2, -0.15) is 5.26 Å². The summed E-state index contributed by atoms with van der Waals surface area (Å²) in [5, 5.41) is 17.9. The molecule has 2 aromatic rings. The van der Waals surface area contributed by atoms with Crippen LogP contribution in [-0.4, -0.2) is 29.1 Å². The maximum atomic E-state index is 10.9. The summed E-state index contributed by atoms with van der Waals surface area (Å²) in [4.78, 5) is 13.3. The molecular formula is C20H20N2O2. The molecule has 0 radical (unpaired) electrons. The fourth-order valence-electron chi connectivity index (χ4n) is 3.34. The van der Waals surface area contributed by atoms with Crippen LogP contribution < -0.4 is 0 Å². The van der Waals surface area contributed by atoms with E-state index in [2.05, 4.69) is 17.0 Å². The molecule has 122 valence electrons. The minimum atomic E-state index is -0.881. The topological polar surface area (TPSA) is 64.3 Å². The van der Waals surface area contributed by atoms with Gasteiger partial charge in [0.25, 0.3) is 0 Å². The molecular weight excluding hydrogens is 300 g/mol. The van der Waals surface area contributed by atoms with Crippen molar-refractivity contribution in [3.8, 4) is 6.07 Å². The van der Waals surface area contributed by atoms with Gasteiger partial charge in [-0.15, -0.1) is 0 Å². The smallest absolute Gasteiger partial charge is 0.335 e. The zero-order valence-corrected chi connectivity index (χ0v) is 13.5. The van der Waals surface area contributed by atoms with Gasteiger partial charge in [0.2, 0.25) is 0 Å². The Bertz CT molecular complexity index is 762. The third kappa shape index (κ3) is 4.01. The van der Waals surface area contributed by atoms with E-state index in [1.165, 1.54) is 11.1 Å². The molecule has 1 heterocycles. The Morgan fingerprint density at radius 1 is 1.21 bits per heavy atom. The molecule has 0 aromatic heterocycles. The van der Waals surface area contributed by atoms with Gasteiger partial charge in [-0.1, -0.05) is 24.3 Å². The zero-order valence-electron chi connectivity index (χ0n) is 13.5. The summed E-state index contributed by atoms with van der Waals surface area (Å²) in [5.41, 5.74) is 3.42. The molecule has 2 aromatic carbocycles. The van der Waals surface area contributed by atoms with E-state index >= 15 is 0 Å². The normalized spacial score (nSPS) is 17.5. The van der Waals surface area contributed by atoms with Crippen molar-refractivity contribution in [2.24, 2.45) is 5.92 Å². The first-order valence-electron chi connectivity index (χ1n) is 8.17. The van der Waals surface area contributed by atoms with Crippen LogP contribution in [0.1, 0.15) is 33.5 Å². The molecule has 0 saturated carbocycles. The maximum Gasteiger partial charge on any atom is 0.335 e. The Hall–Kier alpha value is -2.64. The van der Waals surface area contributed by atoms with E-state index in [4.69, 9.17) is 10.4 Å². The number of nitriles is 1. The molecule has 24 heavy (non-hydrogen) atoms. The number of carboxylic acid groups (broad SMARTS) is 1. The first kappa shape index (κ1) is 16.2. The second kappa shape index (κ2) is 7.29. The van der Waals surface area contributed by atoms with E-state index in [0.29, 0.717) is 17.0 Å². The molecule has 0 amide bonds. The van der Waals surface area contributed by atoms with Gasteiger partial charge in [-0.25, -0.2) is 4.79 Å². The zero-order chi connectivity index (χ0) is 16.9. The van der Waals surface area contributed by atoms with Crippen molar-refractivity contribution in [1.29, 1.82) is 5.26 Å². The largest absolute Gasteiger partial charge is 0.478 e. The number of aromatic carboxylic acids is 1. The molecule has 0 aliphatic carbocycles. The number of nitrogens with zero attached hydrogens (tertiary/aromatic N) is 2. The monoisotopic (exact) mass is 320 g/mol. The van der Waals surface area contributed by atoms with Crippen LogP contribution in [0.5, 0.6) is 0 Å². The van der Waals surface area contributed by atoms with E-state index in [9.17, 15) is 4.79 Å². The summed E-state index contributed by atoms with van der Waals surface area (Å²) >= 11 is 0. The first-order valence-corrected chi connectivity index (χ1v) is 8.17. The number of hydrogen-bond donors (Lipinski definition) is 1. The van der Waals surface area contributed by atoms with Crippen molar-refractivity contribution in [2.45, 2.75) is 19.4 Å². The van der Waals surface area contributed by atoms with Crippen molar-refractivity contribution in [3.05, 3.63) is 70.8 Å². The Kier molecular flexibility index (Phi) is 4.93. The predicted octanol–water partition coefficient (Wildman–Crippen LogP) is 3.32. The summed E-state index contributed by atoms with van der Waals surface area (Å²) < 4.78 is 0. The summed E-state index contributed by atoms with van der Waals surface area (Å²) in [5.74, 6) is -0.284. The van der Waals surface area contributed by atoms with Crippen molar-refractivity contribution in [3.63, 3.8) is 0 Å². The quantitative estimate of drug-likeness (QED) is 0.918. The molecule has 0 bridgehead atoms. The molecule has 1 aliphatic rings. The van der Waals surface area contributed by atoms with Crippen molar-refractivity contribution < 1.29 is 9.90 Å². The predicted molar refractivity (Wildman–Crippen MR) is 91.6 cm³/mol. The Balaban J connectivity index is 1.55. The summed E-state index contributed by atoms with van der Waals surface area (Å²) in [6.45, 7) is 2.98. The fourth-order valence-corrected chi connectivity index (χ4v) is 3.34.